The summed E-state index contributed by atoms with van der Waals surface area (Å²) in [7, 11) is 0. The number of aromatic nitrogens is 2. The molecule has 0 bridgehead atoms. The molecule has 0 spiro atoms. The van der Waals surface area contributed by atoms with Crippen molar-refractivity contribution >= 4 is 11.9 Å². The molecule has 2 heterocycles. The summed E-state index contributed by atoms with van der Waals surface area (Å²) in [6, 6.07) is 0. The fourth-order valence-corrected chi connectivity index (χ4v) is 2.44. The number of hydrogen-bond donors (Lipinski definition) is 2. The van der Waals surface area contributed by atoms with Crippen molar-refractivity contribution in [2.45, 2.75) is 34.1 Å². The third-order valence-corrected chi connectivity index (χ3v) is 4.09. The molecule has 0 amide bonds. The minimum Gasteiger partial charge on any atom is -0.543 e. The molecule has 0 saturated heterocycles. The molecule has 0 radical (unpaired) electrons. The number of rotatable bonds is 4. The van der Waals surface area contributed by atoms with Crippen molar-refractivity contribution < 1.29 is 78.9 Å². The minimum absolute atomic E-state index is 0. The first kappa shape index (κ1) is 22.5. The van der Waals surface area contributed by atoms with Crippen molar-refractivity contribution in [3.63, 3.8) is 0 Å². The smallest absolute Gasteiger partial charge is 0.543 e. The Bertz CT molecular complexity index is 685. The van der Waals surface area contributed by atoms with Gasteiger partial charge in [-0.15, -0.1) is 0 Å². The SMILES string of the molecule is Cc1c(Cc2[nH]c(C(=O)[O-])c(C)c2C)[nH]c(C(=O)[O-])c1C.[Na+].[Na+]. The molecular weight excluding hydrogens is 318 g/mol. The Morgan fingerprint density at radius 1 is 0.739 bits per heavy atom. The molecule has 0 aliphatic carbocycles. The Morgan fingerprint density at radius 3 is 1.26 bits per heavy atom. The van der Waals surface area contributed by atoms with E-state index in [0.29, 0.717) is 17.5 Å². The van der Waals surface area contributed by atoms with Gasteiger partial charge in [0.1, 0.15) is 0 Å². The Labute approximate surface area is 178 Å². The normalized spacial score (nSPS) is 9.91. The van der Waals surface area contributed by atoms with E-state index in [1.807, 2.05) is 13.8 Å². The Hall–Kier alpha value is -0.500. The van der Waals surface area contributed by atoms with E-state index in [1.165, 1.54) is 0 Å². The molecule has 0 aromatic carbocycles. The van der Waals surface area contributed by atoms with Crippen LogP contribution in [0.2, 0.25) is 0 Å². The molecule has 0 unspecified atom stereocenters. The molecule has 2 aromatic heterocycles. The number of aromatic carboxylic acids is 2. The first-order chi connectivity index (χ1) is 9.73. The average molecular weight is 334 g/mol. The van der Waals surface area contributed by atoms with Gasteiger partial charge in [-0.3, -0.25) is 0 Å². The number of carbonyl (C=O) groups excluding carboxylic acids is 2. The van der Waals surface area contributed by atoms with Crippen LogP contribution in [0.5, 0.6) is 0 Å². The van der Waals surface area contributed by atoms with Crippen LogP contribution in [0.4, 0.5) is 0 Å². The van der Waals surface area contributed by atoms with E-state index in [4.69, 9.17) is 0 Å². The number of H-pyrrole nitrogens is 2. The van der Waals surface area contributed by atoms with Gasteiger partial charge < -0.3 is 29.8 Å². The van der Waals surface area contributed by atoms with Crippen molar-refractivity contribution in [2.75, 3.05) is 0 Å². The van der Waals surface area contributed by atoms with Gasteiger partial charge in [-0.2, -0.15) is 0 Å². The molecule has 112 valence electrons. The fourth-order valence-electron chi connectivity index (χ4n) is 2.44. The summed E-state index contributed by atoms with van der Waals surface area (Å²) in [5.41, 5.74) is 4.48. The topological polar surface area (TPSA) is 112 Å². The average Bonchev–Trinajstić information content (AvgIpc) is 2.84. The van der Waals surface area contributed by atoms with Crippen molar-refractivity contribution in [1.82, 2.24) is 9.97 Å². The number of aromatic amines is 2. The molecule has 0 atom stereocenters. The predicted octanol–water partition coefficient (Wildman–Crippen LogP) is -6.10. The number of hydrogen-bond acceptors (Lipinski definition) is 4. The summed E-state index contributed by atoms with van der Waals surface area (Å²) in [5.74, 6) is -2.51. The van der Waals surface area contributed by atoms with Gasteiger partial charge in [0.05, 0.1) is 23.3 Å². The summed E-state index contributed by atoms with van der Waals surface area (Å²) in [4.78, 5) is 27.7. The zero-order valence-electron chi connectivity index (χ0n) is 14.3. The van der Waals surface area contributed by atoms with E-state index in [2.05, 4.69) is 9.97 Å². The van der Waals surface area contributed by atoms with Gasteiger partial charge >= 0.3 is 59.1 Å². The maximum atomic E-state index is 11.0. The molecule has 6 nitrogen and oxygen atoms in total. The second-order valence-corrected chi connectivity index (χ2v) is 5.21. The first-order valence-corrected chi connectivity index (χ1v) is 6.52. The second kappa shape index (κ2) is 8.55. The third-order valence-electron chi connectivity index (χ3n) is 4.09. The molecule has 0 saturated carbocycles. The summed E-state index contributed by atoms with van der Waals surface area (Å²) in [5, 5.41) is 22.0. The van der Waals surface area contributed by atoms with Crippen LogP contribution in [0.25, 0.3) is 0 Å². The van der Waals surface area contributed by atoms with Gasteiger partial charge in [0.25, 0.3) is 0 Å². The molecule has 0 aliphatic heterocycles. The van der Waals surface area contributed by atoms with Gasteiger partial charge in [0.2, 0.25) is 0 Å². The largest absolute Gasteiger partial charge is 1.00 e. The number of carboxylic acid groups (broad SMARTS) is 2. The molecule has 2 aromatic rings. The number of carbonyl (C=O) groups is 2. The van der Waals surface area contributed by atoms with Crippen LogP contribution in [0.3, 0.4) is 0 Å². The van der Waals surface area contributed by atoms with Crippen LogP contribution in [0.1, 0.15) is 54.6 Å². The summed E-state index contributed by atoms with van der Waals surface area (Å²) in [6.07, 6.45) is 0.389. The molecule has 2 rings (SSSR count). The van der Waals surface area contributed by atoms with E-state index >= 15 is 0 Å². The van der Waals surface area contributed by atoms with Crippen LogP contribution in [-0.2, 0) is 6.42 Å². The van der Waals surface area contributed by atoms with E-state index < -0.39 is 11.9 Å². The van der Waals surface area contributed by atoms with Gasteiger partial charge in [-0.1, -0.05) is 0 Å². The Morgan fingerprint density at radius 2 is 1.04 bits per heavy atom. The van der Waals surface area contributed by atoms with Crippen LogP contribution in [0, 0.1) is 27.7 Å². The Kier molecular flexibility index (Phi) is 8.37. The monoisotopic (exact) mass is 334 g/mol. The maximum absolute atomic E-state index is 11.0. The van der Waals surface area contributed by atoms with Crippen LogP contribution < -0.4 is 69.3 Å². The van der Waals surface area contributed by atoms with Gasteiger partial charge in [0.15, 0.2) is 0 Å². The zero-order valence-corrected chi connectivity index (χ0v) is 18.3. The third kappa shape index (κ3) is 4.32. The maximum Gasteiger partial charge on any atom is 1.00 e. The van der Waals surface area contributed by atoms with Crippen molar-refractivity contribution in [2.24, 2.45) is 0 Å². The van der Waals surface area contributed by atoms with Gasteiger partial charge in [-0.25, -0.2) is 0 Å². The van der Waals surface area contributed by atoms with Crippen molar-refractivity contribution in [3.05, 3.63) is 45.0 Å². The standard InChI is InChI=1S/C15H18N2O4.2Na/c1-6-8(3)12(14(18)19)16-10(6)5-11-7(2)9(4)13(17-11)15(20)21;;/h16-17H,5H2,1-4H3,(H,18,19)(H,20,21);;/q;2*+1/p-2. The van der Waals surface area contributed by atoms with E-state index in [-0.39, 0.29) is 70.5 Å². The van der Waals surface area contributed by atoms with Crippen molar-refractivity contribution in [3.8, 4) is 0 Å². The molecule has 23 heavy (non-hydrogen) atoms. The molecular formula is C15H16N2Na2O4. The minimum atomic E-state index is -1.25. The van der Waals surface area contributed by atoms with Crippen LogP contribution in [-0.4, -0.2) is 21.9 Å². The number of nitrogens with one attached hydrogen (secondary N) is 2. The number of carboxylic acids is 2. The fraction of sp³-hybridized carbons (Fsp3) is 0.333. The predicted molar refractivity (Wildman–Crippen MR) is 72.0 cm³/mol. The van der Waals surface area contributed by atoms with Gasteiger partial charge in [-0.05, 0) is 49.9 Å². The van der Waals surface area contributed by atoms with Crippen LogP contribution >= 0.6 is 0 Å². The van der Waals surface area contributed by atoms with E-state index in [1.54, 1.807) is 13.8 Å². The van der Waals surface area contributed by atoms with E-state index in [9.17, 15) is 19.8 Å². The van der Waals surface area contributed by atoms with Crippen LogP contribution in [0.15, 0.2) is 0 Å². The van der Waals surface area contributed by atoms with Gasteiger partial charge in [0, 0.05) is 17.8 Å². The summed E-state index contributed by atoms with van der Waals surface area (Å²) < 4.78 is 0. The zero-order chi connectivity index (χ0) is 15.9. The van der Waals surface area contributed by atoms with E-state index in [0.717, 1.165) is 22.5 Å². The molecule has 0 fully saturated rings. The van der Waals surface area contributed by atoms with Crippen molar-refractivity contribution in [1.29, 1.82) is 0 Å². The first-order valence-electron chi connectivity index (χ1n) is 6.52. The summed E-state index contributed by atoms with van der Waals surface area (Å²) in [6.45, 7) is 7.05. The molecule has 0 aliphatic rings. The quantitative estimate of drug-likeness (QED) is 0.542. The second-order valence-electron chi connectivity index (χ2n) is 5.21. The summed E-state index contributed by atoms with van der Waals surface area (Å²) >= 11 is 0. The molecule has 8 heteroatoms. The Balaban J connectivity index is 0.00000242. The molecule has 2 N–H and O–H groups in total.